The van der Waals surface area contributed by atoms with Crippen molar-refractivity contribution < 1.29 is 13.2 Å². The van der Waals surface area contributed by atoms with Crippen molar-refractivity contribution in [3.63, 3.8) is 0 Å². The first-order valence-electron chi connectivity index (χ1n) is 7.00. The molecule has 0 atom stereocenters. The summed E-state index contributed by atoms with van der Waals surface area (Å²) in [5.41, 5.74) is 0.212. The van der Waals surface area contributed by atoms with Gasteiger partial charge in [-0.15, -0.1) is 11.6 Å². The highest BCUT2D eigenvalue weighted by molar-refractivity contribution is 6.17. The fraction of sp³-hybridized carbons (Fsp3) is 0.600. The van der Waals surface area contributed by atoms with E-state index in [4.69, 9.17) is 11.6 Å². The summed E-state index contributed by atoms with van der Waals surface area (Å²) in [5.74, 6) is -0.118. The van der Waals surface area contributed by atoms with Crippen molar-refractivity contribution in [2.45, 2.75) is 50.7 Å². The minimum Gasteiger partial charge on any atom is -0.369 e. The summed E-state index contributed by atoms with van der Waals surface area (Å²) in [6, 6.07) is 4.93. The van der Waals surface area contributed by atoms with Crippen LogP contribution >= 0.6 is 11.6 Å². The van der Waals surface area contributed by atoms with Crippen LogP contribution in [0, 0.1) is 0 Å². The average molecular weight is 306 g/mol. The van der Waals surface area contributed by atoms with Crippen LogP contribution in [-0.2, 0) is 12.1 Å². The Morgan fingerprint density at radius 2 is 2.00 bits per heavy atom. The van der Waals surface area contributed by atoms with Gasteiger partial charge in [0.05, 0.1) is 5.56 Å². The van der Waals surface area contributed by atoms with Crippen LogP contribution in [0.3, 0.4) is 0 Å². The molecule has 0 radical (unpaired) electrons. The molecule has 1 aliphatic rings. The summed E-state index contributed by atoms with van der Waals surface area (Å²) >= 11 is 5.61. The van der Waals surface area contributed by atoms with Gasteiger partial charge in [0, 0.05) is 24.2 Å². The lowest BCUT2D eigenvalue weighted by Crippen LogP contribution is -2.27. The number of nitrogens with zero attached hydrogens (tertiary/aromatic N) is 1. The third-order valence-corrected chi connectivity index (χ3v) is 3.90. The Kier molecular flexibility index (Phi) is 4.84. The molecule has 20 heavy (non-hydrogen) atoms. The standard InChI is InChI=1S/C15H19ClF3N/c1-2-3-8-20(12-6-7-12)13-5-4-11(10-16)14(9-13)15(17,18)19/h4-5,9,12H,2-3,6-8,10H2,1H3. The molecule has 1 aliphatic carbocycles. The molecular weight excluding hydrogens is 287 g/mol. The Hall–Kier alpha value is -0.900. The topological polar surface area (TPSA) is 3.24 Å². The summed E-state index contributed by atoms with van der Waals surface area (Å²) in [6.07, 6.45) is -0.172. The number of alkyl halides is 4. The number of anilines is 1. The summed E-state index contributed by atoms with van der Waals surface area (Å²) in [4.78, 5) is 2.11. The molecule has 0 aliphatic heterocycles. The molecule has 1 nitrogen and oxygen atoms in total. The van der Waals surface area contributed by atoms with Crippen molar-refractivity contribution >= 4 is 17.3 Å². The van der Waals surface area contributed by atoms with Crippen molar-refractivity contribution in [3.8, 4) is 0 Å². The van der Waals surface area contributed by atoms with Crippen LogP contribution in [0.5, 0.6) is 0 Å². The Balaban J connectivity index is 2.30. The summed E-state index contributed by atoms with van der Waals surface area (Å²) in [5, 5.41) is 0. The fourth-order valence-electron chi connectivity index (χ4n) is 2.36. The lowest BCUT2D eigenvalue weighted by atomic mass is 10.1. The predicted octanol–water partition coefficient (Wildman–Crippen LogP) is 5.21. The highest BCUT2D eigenvalue weighted by atomic mass is 35.5. The quantitative estimate of drug-likeness (QED) is 0.652. The molecule has 0 heterocycles. The Morgan fingerprint density at radius 3 is 2.50 bits per heavy atom. The number of benzene rings is 1. The smallest absolute Gasteiger partial charge is 0.369 e. The van der Waals surface area contributed by atoms with Gasteiger partial charge in [0.1, 0.15) is 0 Å². The summed E-state index contributed by atoms with van der Waals surface area (Å²) in [7, 11) is 0. The van der Waals surface area contributed by atoms with Gasteiger partial charge in [0.25, 0.3) is 0 Å². The average Bonchev–Trinajstić information content (AvgIpc) is 3.22. The van der Waals surface area contributed by atoms with Crippen LogP contribution in [-0.4, -0.2) is 12.6 Å². The fourth-order valence-corrected chi connectivity index (χ4v) is 2.59. The summed E-state index contributed by atoms with van der Waals surface area (Å²) in [6.45, 7) is 2.90. The Bertz CT molecular complexity index is 455. The van der Waals surface area contributed by atoms with Gasteiger partial charge in [-0.1, -0.05) is 19.4 Å². The van der Waals surface area contributed by atoms with E-state index in [2.05, 4.69) is 11.8 Å². The molecule has 0 unspecified atom stereocenters. The summed E-state index contributed by atoms with van der Waals surface area (Å²) < 4.78 is 39.2. The van der Waals surface area contributed by atoms with E-state index in [9.17, 15) is 13.2 Å². The molecule has 5 heteroatoms. The normalized spacial score (nSPS) is 15.4. The van der Waals surface area contributed by atoms with Gasteiger partial charge in [-0.05, 0) is 37.0 Å². The molecule has 0 amide bonds. The predicted molar refractivity (Wildman–Crippen MR) is 76.3 cm³/mol. The maximum atomic E-state index is 13.1. The van der Waals surface area contributed by atoms with Crippen molar-refractivity contribution in [3.05, 3.63) is 29.3 Å². The van der Waals surface area contributed by atoms with E-state index in [0.29, 0.717) is 11.7 Å². The van der Waals surface area contributed by atoms with Crippen LogP contribution in [0.1, 0.15) is 43.7 Å². The van der Waals surface area contributed by atoms with Crippen LogP contribution in [0.25, 0.3) is 0 Å². The van der Waals surface area contributed by atoms with E-state index >= 15 is 0 Å². The van der Waals surface area contributed by atoms with Gasteiger partial charge in [-0.25, -0.2) is 0 Å². The number of unbranched alkanes of at least 4 members (excludes halogenated alkanes) is 1. The molecule has 1 saturated carbocycles. The van der Waals surface area contributed by atoms with Crippen LogP contribution in [0.2, 0.25) is 0 Å². The zero-order valence-electron chi connectivity index (χ0n) is 11.5. The van der Waals surface area contributed by atoms with Crippen molar-refractivity contribution in [1.29, 1.82) is 0 Å². The molecule has 0 spiro atoms. The molecule has 0 N–H and O–H groups in total. The zero-order valence-corrected chi connectivity index (χ0v) is 12.3. The molecule has 0 aromatic heterocycles. The maximum Gasteiger partial charge on any atom is 0.416 e. The highest BCUT2D eigenvalue weighted by Gasteiger charge is 2.35. The van der Waals surface area contributed by atoms with E-state index in [-0.39, 0.29) is 11.4 Å². The first kappa shape index (κ1) is 15.5. The Labute approximate surface area is 122 Å². The van der Waals surface area contributed by atoms with Crippen LogP contribution < -0.4 is 4.90 Å². The molecule has 1 aromatic carbocycles. The second-order valence-corrected chi connectivity index (χ2v) is 5.52. The van der Waals surface area contributed by atoms with Crippen molar-refractivity contribution in [2.75, 3.05) is 11.4 Å². The number of rotatable bonds is 6. The first-order valence-corrected chi connectivity index (χ1v) is 7.53. The third kappa shape index (κ3) is 3.60. The van der Waals surface area contributed by atoms with Crippen LogP contribution in [0.4, 0.5) is 18.9 Å². The van der Waals surface area contributed by atoms with Gasteiger partial charge >= 0.3 is 6.18 Å². The third-order valence-electron chi connectivity index (χ3n) is 3.61. The van der Waals surface area contributed by atoms with E-state index in [1.165, 1.54) is 12.1 Å². The zero-order chi connectivity index (χ0) is 14.8. The van der Waals surface area contributed by atoms with E-state index in [1.807, 2.05) is 0 Å². The SMILES string of the molecule is CCCCN(c1ccc(CCl)c(C(F)(F)F)c1)C1CC1. The van der Waals surface area contributed by atoms with Gasteiger partial charge in [-0.3, -0.25) is 0 Å². The second kappa shape index (κ2) is 6.25. The number of halogens is 4. The highest BCUT2D eigenvalue weighted by Crippen LogP contribution is 2.38. The van der Waals surface area contributed by atoms with Gasteiger partial charge in [-0.2, -0.15) is 13.2 Å². The van der Waals surface area contributed by atoms with Crippen molar-refractivity contribution in [2.24, 2.45) is 0 Å². The van der Waals surface area contributed by atoms with Gasteiger partial charge in [0.15, 0.2) is 0 Å². The second-order valence-electron chi connectivity index (χ2n) is 5.25. The maximum absolute atomic E-state index is 13.1. The minimum absolute atomic E-state index is 0.118. The molecule has 0 bridgehead atoms. The van der Waals surface area contributed by atoms with Crippen LogP contribution in [0.15, 0.2) is 18.2 Å². The molecular formula is C15H19ClF3N. The van der Waals surface area contributed by atoms with E-state index in [1.54, 1.807) is 6.07 Å². The molecule has 112 valence electrons. The first-order chi connectivity index (χ1) is 9.47. The van der Waals surface area contributed by atoms with Crippen molar-refractivity contribution in [1.82, 2.24) is 0 Å². The monoisotopic (exact) mass is 305 g/mol. The largest absolute Gasteiger partial charge is 0.416 e. The van der Waals surface area contributed by atoms with Gasteiger partial charge < -0.3 is 4.90 Å². The van der Waals surface area contributed by atoms with E-state index in [0.717, 1.165) is 32.2 Å². The molecule has 2 rings (SSSR count). The minimum atomic E-state index is -4.35. The number of hydrogen-bond acceptors (Lipinski definition) is 1. The Morgan fingerprint density at radius 1 is 1.30 bits per heavy atom. The molecule has 0 saturated heterocycles. The van der Waals surface area contributed by atoms with Gasteiger partial charge in [0.2, 0.25) is 0 Å². The lowest BCUT2D eigenvalue weighted by Gasteiger charge is -2.26. The lowest BCUT2D eigenvalue weighted by molar-refractivity contribution is -0.138. The van der Waals surface area contributed by atoms with E-state index < -0.39 is 11.7 Å². The molecule has 1 aromatic rings. The molecule has 1 fully saturated rings. The number of hydrogen-bond donors (Lipinski definition) is 0.